The minimum Gasteiger partial charge on any atom is -0.378 e. The standard InChI is InChI=1S/C18H30N6O.HI/c1-3-19-17(22-13-6-7-16-20-12-21-24(16)11-13)23-14-10-15(25-4-2)18(14)8-5-9-18;/h12-15H,3-11H2,1-2H3,(H2,19,22,23);1H. The lowest BCUT2D eigenvalue weighted by Crippen LogP contribution is -2.69. The van der Waals surface area contributed by atoms with Crippen molar-refractivity contribution < 1.29 is 4.74 Å². The fourth-order valence-electron chi connectivity index (χ4n) is 4.65. The first-order valence-electron chi connectivity index (χ1n) is 9.81. The SMILES string of the molecule is CCN=C(NC1CCc2ncnn2C1)NC1CC(OCC)C12CCC2.I. The predicted octanol–water partition coefficient (Wildman–Crippen LogP) is 2.11. The maximum Gasteiger partial charge on any atom is 0.191 e. The second-order valence-corrected chi connectivity index (χ2v) is 7.52. The van der Waals surface area contributed by atoms with Crippen LogP contribution in [-0.2, 0) is 17.7 Å². The van der Waals surface area contributed by atoms with Crippen LogP contribution in [0.4, 0.5) is 0 Å². The molecule has 26 heavy (non-hydrogen) atoms. The van der Waals surface area contributed by atoms with Crippen molar-refractivity contribution in [2.75, 3.05) is 13.2 Å². The Kier molecular flexibility index (Phi) is 6.42. The van der Waals surface area contributed by atoms with Crippen LogP contribution in [0.15, 0.2) is 11.3 Å². The van der Waals surface area contributed by atoms with Crippen molar-refractivity contribution in [1.82, 2.24) is 25.4 Å². The predicted molar refractivity (Wildman–Crippen MR) is 112 cm³/mol. The number of rotatable bonds is 5. The molecule has 1 aromatic rings. The third kappa shape index (κ3) is 3.58. The molecule has 3 aliphatic rings. The Morgan fingerprint density at radius 1 is 1.38 bits per heavy atom. The number of aliphatic imine (C=N–C) groups is 1. The molecule has 8 heteroatoms. The zero-order chi connectivity index (χ0) is 17.3. The van der Waals surface area contributed by atoms with Gasteiger partial charge in [0.15, 0.2) is 5.96 Å². The van der Waals surface area contributed by atoms with Crippen LogP contribution < -0.4 is 10.6 Å². The molecule has 2 aliphatic carbocycles. The van der Waals surface area contributed by atoms with Crippen molar-refractivity contribution in [1.29, 1.82) is 0 Å². The lowest BCUT2D eigenvalue weighted by atomic mass is 9.51. The Labute approximate surface area is 172 Å². The number of nitrogens with zero attached hydrogens (tertiary/aromatic N) is 4. The van der Waals surface area contributed by atoms with E-state index >= 15 is 0 Å². The fraction of sp³-hybridized carbons (Fsp3) is 0.833. The smallest absolute Gasteiger partial charge is 0.191 e. The summed E-state index contributed by atoms with van der Waals surface area (Å²) < 4.78 is 7.98. The van der Waals surface area contributed by atoms with Gasteiger partial charge in [-0.2, -0.15) is 5.10 Å². The highest BCUT2D eigenvalue weighted by Crippen LogP contribution is 2.57. The van der Waals surface area contributed by atoms with E-state index in [4.69, 9.17) is 4.74 Å². The Balaban J connectivity index is 0.00000196. The molecule has 2 N–H and O–H groups in total. The summed E-state index contributed by atoms with van der Waals surface area (Å²) >= 11 is 0. The summed E-state index contributed by atoms with van der Waals surface area (Å²) in [5.74, 6) is 2.04. The van der Waals surface area contributed by atoms with Gasteiger partial charge in [-0.15, -0.1) is 24.0 Å². The van der Waals surface area contributed by atoms with E-state index in [1.165, 1.54) is 19.3 Å². The molecule has 0 amide bonds. The number of aryl methyl sites for hydroxylation is 1. The van der Waals surface area contributed by atoms with Gasteiger partial charge < -0.3 is 15.4 Å². The van der Waals surface area contributed by atoms with Gasteiger partial charge in [0.2, 0.25) is 0 Å². The molecule has 3 unspecified atom stereocenters. The van der Waals surface area contributed by atoms with Crippen LogP contribution in [0.3, 0.4) is 0 Å². The quantitative estimate of drug-likeness (QED) is 0.389. The molecule has 2 fully saturated rings. The van der Waals surface area contributed by atoms with E-state index in [0.717, 1.165) is 50.7 Å². The molecule has 1 aromatic heterocycles. The lowest BCUT2D eigenvalue weighted by molar-refractivity contribution is -0.168. The van der Waals surface area contributed by atoms with E-state index in [1.54, 1.807) is 6.33 Å². The Morgan fingerprint density at radius 2 is 2.23 bits per heavy atom. The van der Waals surface area contributed by atoms with Crippen molar-refractivity contribution in [3.63, 3.8) is 0 Å². The van der Waals surface area contributed by atoms with Crippen molar-refractivity contribution in [2.24, 2.45) is 10.4 Å². The Bertz CT molecular complexity index is 629. The number of ether oxygens (including phenoxy) is 1. The molecule has 0 radical (unpaired) electrons. The van der Waals surface area contributed by atoms with E-state index < -0.39 is 0 Å². The number of guanidine groups is 1. The molecule has 0 bridgehead atoms. The van der Waals surface area contributed by atoms with Crippen molar-refractivity contribution in [3.05, 3.63) is 12.2 Å². The maximum atomic E-state index is 5.97. The van der Waals surface area contributed by atoms with Crippen molar-refractivity contribution in [2.45, 2.75) is 77.1 Å². The number of hydrogen-bond donors (Lipinski definition) is 2. The summed E-state index contributed by atoms with van der Waals surface area (Å²) in [6.07, 6.45) is 9.10. The molecule has 0 aromatic carbocycles. The monoisotopic (exact) mass is 474 g/mol. The van der Waals surface area contributed by atoms with Gasteiger partial charge in [-0.3, -0.25) is 4.99 Å². The number of nitrogens with one attached hydrogen (secondary N) is 2. The third-order valence-corrected chi connectivity index (χ3v) is 6.21. The van der Waals surface area contributed by atoms with Gasteiger partial charge in [0.1, 0.15) is 12.2 Å². The van der Waals surface area contributed by atoms with E-state index in [-0.39, 0.29) is 24.0 Å². The minimum atomic E-state index is 0. The van der Waals surface area contributed by atoms with Gasteiger partial charge in [-0.25, -0.2) is 9.67 Å². The molecule has 1 spiro atoms. The van der Waals surface area contributed by atoms with Crippen LogP contribution in [0, 0.1) is 5.41 Å². The van der Waals surface area contributed by atoms with Gasteiger partial charge in [-0.1, -0.05) is 6.42 Å². The molecule has 2 heterocycles. The first-order chi connectivity index (χ1) is 12.2. The molecule has 1 aliphatic heterocycles. The normalized spacial score (nSPS) is 29.2. The van der Waals surface area contributed by atoms with E-state index in [2.05, 4.69) is 39.6 Å². The summed E-state index contributed by atoms with van der Waals surface area (Å²) in [4.78, 5) is 8.99. The Hall–Kier alpha value is -0.900. The molecular weight excluding hydrogens is 443 g/mol. The molecule has 4 rings (SSSR count). The van der Waals surface area contributed by atoms with Crippen LogP contribution in [0.25, 0.3) is 0 Å². The molecule has 146 valence electrons. The summed E-state index contributed by atoms with van der Waals surface area (Å²) in [7, 11) is 0. The summed E-state index contributed by atoms with van der Waals surface area (Å²) in [5, 5.41) is 11.7. The van der Waals surface area contributed by atoms with Crippen LogP contribution in [0.5, 0.6) is 0 Å². The highest BCUT2D eigenvalue weighted by Gasteiger charge is 2.59. The number of aromatic nitrogens is 3. The zero-order valence-electron chi connectivity index (χ0n) is 15.8. The van der Waals surface area contributed by atoms with Crippen LogP contribution in [-0.4, -0.2) is 52.1 Å². The molecule has 2 saturated carbocycles. The molecule has 3 atom stereocenters. The van der Waals surface area contributed by atoms with Gasteiger partial charge in [-0.05, 0) is 39.5 Å². The molecular formula is C18H31IN6O. The average Bonchev–Trinajstić information content (AvgIpc) is 3.00. The first kappa shape index (κ1) is 19.9. The lowest BCUT2D eigenvalue weighted by Gasteiger charge is -2.61. The van der Waals surface area contributed by atoms with Crippen LogP contribution in [0.1, 0.15) is 51.8 Å². The first-order valence-corrected chi connectivity index (χ1v) is 9.81. The number of halogens is 1. The topological polar surface area (TPSA) is 76.4 Å². The molecule has 7 nitrogen and oxygen atoms in total. The Morgan fingerprint density at radius 3 is 2.92 bits per heavy atom. The van der Waals surface area contributed by atoms with E-state index in [9.17, 15) is 0 Å². The van der Waals surface area contributed by atoms with Gasteiger partial charge in [0, 0.05) is 37.1 Å². The van der Waals surface area contributed by atoms with Crippen LogP contribution in [0.2, 0.25) is 0 Å². The largest absolute Gasteiger partial charge is 0.378 e. The second kappa shape index (κ2) is 8.41. The summed E-state index contributed by atoms with van der Waals surface area (Å²) in [6.45, 7) is 6.64. The number of hydrogen-bond acceptors (Lipinski definition) is 4. The summed E-state index contributed by atoms with van der Waals surface area (Å²) in [6, 6.07) is 0.841. The highest BCUT2D eigenvalue weighted by atomic mass is 127. The highest BCUT2D eigenvalue weighted by molar-refractivity contribution is 14.0. The van der Waals surface area contributed by atoms with Gasteiger partial charge in [0.25, 0.3) is 0 Å². The molecule has 0 saturated heterocycles. The minimum absolute atomic E-state index is 0. The maximum absolute atomic E-state index is 5.97. The number of fused-ring (bicyclic) bond motifs is 1. The van der Waals surface area contributed by atoms with Gasteiger partial charge >= 0.3 is 0 Å². The van der Waals surface area contributed by atoms with Crippen molar-refractivity contribution in [3.8, 4) is 0 Å². The summed E-state index contributed by atoms with van der Waals surface area (Å²) in [5.41, 5.74) is 0.345. The van der Waals surface area contributed by atoms with Crippen LogP contribution >= 0.6 is 24.0 Å². The second-order valence-electron chi connectivity index (χ2n) is 7.52. The zero-order valence-corrected chi connectivity index (χ0v) is 18.1. The fourth-order valence-corrected chi connectivity index (χ4v) is 4.65. The van der Waals surface area contributed by atoms with E-state index in [1.807, 2.05) is 4.68 Å². The average molecular weight is 474 g/mol. The third-order valence-electron chi connectivity index (χ3n) is 6.21. The van der Waals surface area contributed by atoms with E-state index in [0.29, 0.717) is 23.6 Å². The van der Waals surface area contributed by atoms with Crippen molar-refractivity contribution >= 4 is 29.9 Å². The van der Waals surface area contributed by atoms with Gasteiger partial charge in [0.05, 0.1) is 12.6 Å².